The van der Waals surface area contributed by atoms with E-state index in [1.807, 2.05) is 24.3 Å². The standard InChI is InChI=1S/C14H12N2O4/c1-8-15-14(20-16-8)13-5-10-11(18-7-9-6-17-9)3-2-4-12(10)19-13/h2-5,9H,6-7H2,1H3/t9-/m0/s1. The maximum Gasteiger partial charge on any atom is 0.293 e. The number of benzene rings is 1. The number of epoxide rings is 1. The van der Waals surface area contributed by atoms with Gasteiger partial charge in [-0.15, -0.1) is 0 Å². The smallest absolute Gasteiger partial charge is 0.293 e. The highest BCUT2D eigenvalue weighted by atomic mass is 16.6. The predicted octanol–water partition coefficient (Wildman–Crippen LogP) is 2.57. The molecule has 1 aliphatic heterocycles. The van der Waals surface area contributed by atoms with E-state index >= 15 is 0 Å². The maximum atomic E-state index is 5.75. The molecule has 0 radical (unpaired) electrons. The van der Waals surface area contributed by atoms with Crippen LogP contribution < -0.4 is 4.74 Å². The summed E-state index contributed by atoms with van der Waals surface area (Å²) in [6, 6.07) is 7.52. The van der Waals surface area contributed by atoms with Crippen molar-refractivity contribution >= 4 is 11.0 Å². The van der Waals surface area contributed by atoms with Gasteiger partial charge in [0.15, 0.2) is 11.6 Å². The van der Waals surface area contributed by atoms with Crippen LogP contribution in [0.4, 0.5) is 0 Å². The Hall–Kier alpha value is -2.34. The number of hydrogen-bond acceptors (Lipinski definition) is 6. The normalized spacial score (nSPS) is 17.6. The Morgan fingerprint density at radius 1 is 1.40 bits per heavy atom. The van der Waals surface area contributed by atoms with Crippen molar-refractivity contribution < 1.29 is 18.4 Å². The Kier molecular flexibility index (Phi) is 2.50. The van der Waals surface area contributed by atoms with Gasteiger partial charge in [0.1, 0.15) is 24.0 Å². The van der Waals surface area contributed by atoms with E-state index in [1.165, 1.54) is 0 Å². The Morgan fingerprint density at radius 2 is 2.30 bits per heavy atom. The zero-order chi connectivity index (χ0) is 13.5. The molecule has 3 aromatic rings. The minimum Gasteiger partial charge on any atom is -0.490 e. The van der Waals surface area contributed by atoms with E-state index in [4.69, 9.17) is 18.4 Å². The van der Waals surface area contributed by atoms with Crippen molar-refractivity contribution in [1.82, 2.24) is 10.1 Å². The summed E-state index contributed by atoms with van der Waals surface area (Å²) >= 11 is 0. The molecule has 3 heterocycles. The summed E-state index contributed by atoms with van der Waals surface area (Å²) in [6.07, 6.45) is 0.218. The quantitative estimate of drug-likeness (QED) is 0.679. The molecule has 2 aromatic heterocycles. The zero-order valence-electron chi connectivity index (χ0n) is 10.8. The van der Waals surface area contributed by atoms with Crippen molar-refractivity contribution in [2.75, 3.05) is 13.2 Å². The first-order chi connectivity index (χ1) is 9.79. The van der Waals surface area contributed by atoms with Crippen LogP contribution in [-0.2, 0) is 4.74 Å². The summed E-state index contributed by atoms with van der Waals surface area (Å²) in [7, 11) is 0. The number of rotatable bonds is 4. The molecular formula is C14H12N2O4. The SMILES string of the molecule is Cc1noc(-c2cc3c(OC[C@@H]4CO4)cccc3o2)n1. The van der Waals surface area contributed by atoms with E-state index in [0.717, 1.165) is 23.3 Å². The molecule has 0 N–H and O–H groups in total. The Labute approximate surface area is 114 Å². The van der Waals surface area contributed by atoms with E-state index in [2.05, 4.69) is 10.1 Å². The van der Waals surface area contributed by atoms with Crippen molar-refractivity contribution in [1.29, 1.82) is 0 Å². The van der Waals surface area contributed by atoms with Gasteiger partial charge in [-0.1, -0.05) is 11.2 Å². The summed E-state index contributed by atoms with van der Waals surface area (Å²) in [5, 5.41) is 4.65. The van der Waals surface area contributed by atoms with Crippen LogP contribution in [0.2, 0.25) is 0 Å². The summed E-state index contributed by atoms with van der Waals surface area (Å²) in [5.41, 5.74) is 0.727. The van der Waals surface area contributed by atoms with Gasteiger partial charge in [0, 0.05) is 6.07 Å². The van der Waals surface area contributed by atoms with Gasteiger partial charge in [0.2, 0.25) is 0 Å². The monoisotopic (exact) mass is 272 g/mol. The molecule has 0 amide bonds. The second-order valence-corrected chi connectivity index (χ2v) is 4.69. The van der Waals surface area contributed by atoms with Crippen LogP contribution in [0.3, 0.4) is 0 Å². The molecule has 1 aromatic carbocycles. The molecule has 1 fully saturated rings. The van der Waals surface area contributed by atoms with E-state index < -0.39 is 0 Å². The lowest BCUT2D eigenvalue weighted by molar-refractivity contribution is 0.265. The van der Waals surface area contributed by atoms with E-state index in [1.54, 1.807) is 6.92 Å². The van der Waals surface area contributed by atoms with Crippen molar-refractivity contribution in [3.05, 3.63) is 30.1 Å². The molecule has 1 aliphatic rings. The van der Waals surface area contributed by atoms with E-state index in [-0.39, 0.29) is 6.10 Å². The molecule has 6 heteroatoms. The molecule has 0 spiro atoms. The lowest BCUT2D eigenvalue weighted by Gasteiger charge is -2.04. The molecule has 1 atom stereocenters. The number of aryl methyl sites for hydroxylation is 1. The number of furan rings is 1. The van der Waals surface area contributed by atoms with Crippen LogP contribution in [0.5, 0.6) is 5.75 Å². The van der Waals surface area contributed by atoms with Gasteiger partial charge in [-0.3, -0.25) is 0 Å². The first-order valence-corrected chi connectivity index (χ1v) is 6.37. The predicted molar refractivity (Wildman–Crippen MR) is 69.5 cm³/mol. The minimum atomic E-state index is 0.218. The van der Waals surface area contributed by atoms with Crippen molar-refractivity contribution in [2.24, 2.45) is 0 Å². The maximum absolute atomic E-state index is 5.75. The molecule has 0 unspecified atom stereocenters. The molecule has 20 heavy (non-hydrogen) atoms. The number of fused-ring (bicyclic) bond motifs is 1. The van der Waals surface area contributed by atoms with E-state index in [9.17, 15) is 0 Å². The molecule has 4 rings (SSSR count). The van der Waals surface area contributed by atoms with Crippen LogP contribution in [0, 0.1) is 6.92 Å². The summed E-state index contributed by atoms with van der Waals surface area (Å²) in [5.74, 6) is 2.25. The largest absolute Gasteiger partial charge is 0.490 e. The second kappa shape index (κ2) is 4.35. The lowest BCUT2D eigenvalue weighted by atomic mass is 10.2. The van der Waals surface area contributed by atoms with Gasteiger partial charge in [0.25, 0.3) is 5.89 Å². The molecule has 1 saturated heterocycles. The van der Waals surface area contributed by atoms with Crippen molar-refractivity contribution in [3.8, 4) is 17.4 Å². The van der Waals surface area contributed by atoms with Gasteiger partial charge >= 0.3 is 0 Å². The number of nitrogens with zero attached hydrogens (tertiary/aromatic N) is 2. The average molecular weight is 272 g/mol. The number of hydrogen-bond donors (Lipinski definition) is 0. The van der Waals surface area contributed by atoms with E-state index in [0.29, 0.717) is 24.1 Å². The first-order valence-electron chi connectivity index (χ1n) is 6.37. The van der Waals surface area contributed by atoms with Crippen LogP contribution in [0.15, 0.2) is 33.2 Å². The van der Waals surface area contributed by atoms with Gasteiger partial charge in [0.05, 0.1) is 12.0 Å². The highest BCUT2D eigenvalue weighted by molar-refractivity contribution is 5.87. The summed E-state index contributed by atoms with van der Waals surface area (Å²) in [6.45, 7) is 3.09. The van der Waals surface area contributed by atoms with Crippen LogP contribution in [0.25, 0.3) is 22.6 Å². The molecule has 6 nitrogen and oxygen atoms in total. The highest BCUT2D eigenvalue weighted by Gasteiger charge is 2.24. The fourth-order valence-corrected chi connectivity index (χ4v) is 2.01. The Morgan fingerprint density at radius 3 is 3.05 bits per heavy atom. The average Bonchev–Trinajstić information content (AvgIpc) is 3.00. The summed E-state index contributed by atoms with van der Waals surface area (Å²) < 4.78 is 21.7. The first kappa shape index (κ1) is 11.5. The topological polar surface area (TPSA) is 73.8 Å². The van der Waals surface area contributed by atoms with Crippen LogP contribution in [0.1, 0.15) is 5.82 Å². The van der Waals surface area contributed by atoms with Gasteiger partial charge in [-0.05, 0) is 19.1 Å². The third-order valence-corrected chi connectivity index (χ3v) is 3.09. The minimum absolute atomic E-state index is 0.218. The summed E-state index contributed by atoms with van der Waals surface area (Å²) in [4.78, 5) is 4.16. The number of ether oxygens (including phenoxy) is 2. The lowest BCUT2D eigenvalue weighted by Crippen LogP contribution is -2.03. The molecule has 102 valence electrons. The number of aromatic nitrogens is 2. The van der Waals surface area contributed by atoms with Crippen molar-refractivity contribution in [2.45, 2.75) is 13.0 Å². The second-order valence-electron chi connectivity index (χ2n) is 4.69. The fraction of sp³-hybridized carbons (Fsp3) is 0.286. The zero-order valence-corrected chi connectivity index (χ0v) is 10.8. The third-order valence-electron chi connectivity index (χ3n) is 3.09. The molecule has 0 saturated carbocycles. The van der Waals surface area contributed by atoms with Gasteiger partial charge < -0.3 is 18.4 Å². The van der Waals surface area contributed by atoms with Crippen LogP contribution in [-0.4, -0.2) is 29.5 Å². The molecular weight excluding hydrogens is 260 g/mol. The highest BCUT2D eigenvalue weighted by Crippen LogP contribution is 2.33. The molecule has 0 bridgehead atoms. The molecule has 0 aliphatic carbocycles. The Bertz CT molecular complexity index is 757. The van der Waals surface area contributed by atoms with Gasteiger partial charge in [-0.25, -0.2) is 0 Å². The van der Waals surface area contributed by atoms with Crippen molar-refractivity contribution in [3.63, 3.8) is 0 Å². The fourth-order valence-electron chi connectivity index (χ4n) is 2.01. The third kappa shape index (κ3) is 2.04. The van der Waals surface area contributed by atoms with Crippen LogP contribution >= 0.6 is 0 Å². The Balaban J connectivity index is 1.72. The van der Waals surface area contributed by atoms with Gasteiger partial charge in [-0.2, -0.15) is 4.98 Å².